The molecule has 7 heteroatoms. The second-order valence-corrected chi connectivity index (χ2v) is 5.51. The van der Waals surface area contributed by atoms with Gasteiger partial charge < -0.3 is 9.15 Å². The molecule has 0 aliphatic carbocycles. The van der Waals surface area contributed by atoms with Gasteiger partial charge in [-0.15, -0.1) is 5.10 Å². The van der Waals surface area contributed by atoms with Gasteiger partial charge in [0, 0.05) is 0 Å². The number of hydrogen-bond acceptors (Lipinski definition) is 5. The minimum absolute atomic E-state index is 0.121. The minimum Gasteiger partial charge on any atom is -0.491 e. The van der Waals surface area contributed by atoms with E-state index in [1.165, 1.54) is 4.68 Å². The summed E-state index contributed by atoms with van der Waals surface area (Å²) < 4.78 is 12.9. The molecule has 2 aromatic heterocycles. The van der Waals surface area contributed by atoms with Gasteiger partial charge in [-0.2, -0.15) is 9.78 Å². The third-order valence-corrected chi connectivity index (χ3v) is 3.21. The molecule has 1 aromatic carbocycles. The maximum Gasteiger partial charge on any atom is 0.219 e. The van der Waals surface area contributed by atoms with Crippen LogP contribution in [0.2, 0.25) is 0 Å². The first kappa shape index (κ1) is 15.2. The average molecular weight is 328 g/mol. The number of hydrogen-bond donors (Lipinski definition) is 1. The molecule has 0 atom stereocenters. The van der Waals surface area contributed by atoms with Crippen molar-refractivity contribution in [2.24, 2.45) is 5.10 Å². The molecule has 23 heavy (non-hydrogen) atoms. The minimum atomic E-state index is 0.121. The molecule has 3 aromatic rings. The number of benzene rings is 1. The van der Waals surface area contributed by atoms with Gasteiger partial charge in [0.2, 0.25) is 10.6 Å². The number of H-pyrrole nitrogens is 1. The molecule has 1 N–H and O–H groups in total. The first-order chi connectivity index (χ1) is 11.1. The molecule has 118 valence electrons. The lowest BCUT2D eigenvalue weighted by atomic mass is 10.2. The molecular formula is C16H16N4O2S. The van der Waals surface area contributed by atoms with Gasteiger partial charge in [0.15, 0.2) is 5.76 Å². The summed E-state index contributed by atoms with van der Waals surface area (Å²) in [7, 11) is 0. The van der Waals surface area contributed by atoms with Crippen molar-refractivity contribution < 1.29 is 9.15 Å². The first-order valence-electron chi connectivity index (χ1n) is 7.16. The topological polar surface area (TPSA) is 68.3 Å². The molecule has 0 aliphatic rings. The quantitative estimate of drug-likeness (QED) is 0.570. The lowest BCUT2D eigenvalue weighted by Crippen LogP contribution is -2.05. The van der Waals surface area contributed by atoms with Crippen LogP contribution in [0.5, 0.6) is 5.75 Å². The smallest absolute Gasteiger partial charge is 0.219 e. The predicted molar refractivity (Wildman–Crippen MR) is 90.3 cm³/mol. The predicted octanol–water partition coefficient (Wildman–Crippen LogP) is 3.87. The van der Waals surface area contributed by atoms with E-state index in [1.54, 1.807) is 24.6 Å². The number of aromatic amines is 1. The van der Waals surface area contributed by atoms with E-state index in [1.807, 2.05) is 38.1 Å². The van der Waals surface area contributed by atoms with Crippen molar-refractivity contribution in [3.05, 3.63) is 53.0 Å². The van der Waals surface area contributed by atoms with Crippen LogP contribution in [0.3, 0.4) is 0 Å². The van der Waals surface area contributed by atoms with E-state index in [2.05, 4.69) is 15.3 Å². The molecule has 0 amide bonds. The van der Waals surface area contributed by atoms with Crippen LogP contribution in [0.15, 0.2) is 52.2 Å². The summed E-state index contributed by atoms with van der Waals surface area (Å²) in [5, 5.41) is 11.2. The van der Waals surface area contributed by atoms with Crippen LogP contribution < -0.4 is 4.74 Å². The number of furan rings is 1. The van der Waals surface area contributed by atoms with Gasteiger partial charge in [-0.05, 0) is 55.9 Å². The zero-order valence-electron chi connectivity index (χ0n) is 12.8. The molecule has 0 saturated heterocycles. The van der Waals surface area contributed by atoms with Crippen molar-refractivity contribution in [1.29, 1.82) is 0 Å². The highest BCUT2D eigenvalue weighted by molar-refractivity contribution is 7.71. The molecule has 6 nitrogen and oxygen atoms in total. The third-order valence-electron chi connectivity index (χ3n) is 2.94. The Kier molecular flexibility index (Phi) is 4.38. The second-order valence-electron chi connectivity index (χ2n) is 5.13. The maximum atomic E-state index is 5.68. The van der Waals surface area contributed by atoms with E-state index in [4.69, 9.17) is 21.4 Å². The van der Waals surface area contributed by atoms with Crippen molar-refractivity contribution in [1.82, 2.24) is 14.9 Å². The van der Waals surface area contributed by atoms with Crippen molar-refractivity contribution in [2.75, 3.05) is 0 Å². The summed E-state index contributed by atoms with van der Waals surface area (Å²) in [5.74, 6) is 1.91. The normalized spacial score (nSPS) is 11.4. The van der Waals surface area contributed by atoms with Crippen LogP contribution >= 0.6 is 12.2 Å². The molecular weight excluding hydrogens is 312 g/mol. The lowest BCUT2D eigenvalue weighted by Gasteiger charge is -2.09. The highest BCUT2D eigenvalue weighted by Gasteiger charge is 2.10. The standard InChI is InChI=1S/C16H16N4O2S/c1-11(2)22-13-6-3-5-12(9-13)10-17-20-15(18-19-16(20)23)14-7-4-8-21-14/h3-11H,1-2H3,(H,19,23)/b17-10-. The van der Waals surface area contributed by atoms with Crippen LogP contribution in [-0.2, 0) is 0 Å². The second kappa shape index (κ2) is 6.62. The Morgan fingerprint density at radius 3 is 2.96 bits per heavy atom. The van der Waals surface area contributed by atoms with Crippen molar-refractivity contribution in [3.8, 4) is 17.3 Å². The van der Waals surface area contributed by atoms with Gasteiger partial charge in [0.05, 0.1) is 18.6 Å². The number of nitrogens with zero attached hydrogens (tertiary/aromatic N) is 3. The van der Waals surface area contributed by atoms with E-state index in [0.717, 1.165) is 11.3 Å². The number of ether oxygens (including phenoxy) is 1. The summed E-state index contributed by atoms with van der Waals surface area (Å²) in [4.78, 5) is 0. The van der Waals surface area contributed by atoms with Crippen LogP contribution in [0.25, 0.3) is 11.6 Å². The molecule has 0 bridgehead atoms. The molecule has 0 saturated carbocycles. The van der Waals surface area contributed by atoms with Crippen LogP contribution in [-0.4, -0.2) is 27.2 Å². The molecule has 0 aliphatic heterocycles. The Labute approximate surface area is 138 Å². The number of aromatic nitrogens is 3. The molecule has 3 rings (SSSR count). The Balaban J connectivity index is 1.89. The van der Waals surface area contributed by atoms with Crippen LogP contribution in [0, 0.1) is 4.77 Å². The van der Waals surface area contributed by atoms with Gasteiger partial charge in [0.25, 0.3) is 0 Å². The monoisotopic (exact) mass is 328 g/mol. The summed E-state index contributed by atoms with van der Waals surface area (Å²) >= 11 is 5.21. The Bertz CT molecular complexity index is 862. The van der Waals surface area contributed by atoms with E-state index in [9.17, 15) is 0 Å². The van der Waals surface area contributed by atoms with E-state index in [0.29, 0.717) is 16.4 Å². The fourth-order valence-corrected chi connectivity index (χ4v) is 2.21. The zero-order valence-corrected chi connectivity index (χ0v) is 13.6. The fraction of sp³-hybridized carbons (Fsp3) is 0.188. The molecule has 0 fully saturated rings. The van der Waals surface area contributed by atoms with Crippen molar-refractivity contribution >= 4 is 18.4 Å². The first-order valence-corrected chi connectivity index (χ1v) is 7.56. The van der Waals surface area contributed by atoms with Crippen LogP contribution in [0.1, 0.15) is 19.4 Å². The Hall–Kier alpha value is -2.67. The van der Waals surface area contributed by atoms with E-state index >= 15 is 0 Å². The maximum absolute atomic E-state index is 5.68. The zero-order chi connectivity index (χ0) is 16.2. The SMILES string of the molecule is CC(C)Oc1cccc(/C=N\n2c(-c3ccco3)n[nH]c2=S)c1. The van der Waals surface area contributed by atoms with Gasteiger partial charge in [-0.25, -0.2) is 5.10 Å². The number of nitrogens with one attached hydrogen (secondary N) is 1. The molecule has 0 radical (unpaired) electrons. The Morgan fingerprint density at radius 1 is 1.35 bits per heavy atom. The molecule has 0 unspecified atom stereocenters. The molecule has 2 heterocycles. The van der Waals surface area contributed by atoms with Gasteiger partial charge >= 0.3 is 0 Å². The summed E-state index contributed by atoms with van der Waals surface area (Å²) in [6, 6.07) is 11.3. The highest BCUT2D eigenvalue weighted by Crippen LogP contribution is 2.18. The lowest BCUT2D eigenvalue weighted by molar-refractivity contribution is 0.242. The summed E-state index contributed by atoms with van der Waals surface area (Å²) in [6.45, 7) is 3.97. The van der Waals surface area contributed by atoms with Gasteiger partial charge in [0.1, 0.15) is 5.75 Å². The van der Waals surface area contributed by atoms with E-state index < -0.39 is 0 Å². The average Bonchev–Trinajstić information content (AvgIpc) is 3.14. The fourth-order valence-electron chi connectivity index (χ4n) is 2.03. The molecule has 0 spiro atoms. The highest BCUT2D eigenvalue weighted by atomic mass is 32.1. The summed E-state index contributed by atoms with van der Waals surface area (Å²) in [5.41, 5.74) is 0.900. The Morgan fingerprint density at radius 2 is 2.22 bits per heavy atom. The van der Waals surface area contributed by atoms with E-state index in [-0.39, 0.29) is 6.10 Å². The summed E-state index contributed by atoms with van der Waals surface area (Å²) in [6.07, 6.45) is 3.40. The number of rotatable bonds is 5. The van der Waals surface area contributed by atoms with Gasteiger partial charge in [-0.1, -0.05) is 12.1 Å². The van der Waals surface area contributed by atoms with Crippen molar-refractivity contribution in [2.45, 2.75) is 20.0 Å². The van der Waals surface area contributed by atoms with Crippen molar-refractivity contribution in [3.63, 3.8) is 0 Å². The van der Waals surface area contributed by atoms with Gasteiger partial charge in [-0.3, -0.25) is 0 Å². The largest absolute Gasteiger partial charge is 0.491 e. The third kappa shape index (κ3) is 3.57. The van der Waals surface area contributed by atoms with Crippen LogP contribution in [0.4, 0.5) is 0 Å².